The molecule has 0 saturated carbocycles. The van der Waals surface area contributed by atoms with Crippen molar-refractivity contribution in [3.05, 3.63) is 18.2 Å². The fraction of sp³-hybridized carbons (Fsp3) is 0.500. The number of hydrogen-bond acceptors (Lipinski definition) is 5. The summed E-state index contributed by atoms with van der Waals surface area (Å²) in [5.41, 5.74) is 5.96. The van der Waals surface area contributed by atoms with Crippen LogP contribution in [-0.4, -0.2) is 44.6 Å². The summed E-state index contributed by atoms with van der Waals surface area (Å²) in [4.78, 5) is 0.0897. The van der Waals surface area contributed by atoms with Crippen molar-refractivity contribution in [3.8, 4) is 5.75 Å². The molecule has 2 rings (SSSR count). The van der Waals surface area contributed by atoms with Crippen LogP contribution in [0.15, 0.2) is 23.1 Å². The van der Waals surface area contributed by atoms with Crippen molar-refractivity contribution in [3.63, 3.8) is 0 Å². The highest BCUT2D eigenvalue weighted by molar-refractivity contribution is 7.89. The van der Waals surface area contributed by atoms with Gasteiger partial charge in [-0.15, -0.1) is 0 Å². The minimum absolute atomic E-state index is 0.00408. The van der Waals surface area contributed by atoms with Crippen molar-refractivity contribution in [2.45, 2.75) is 11.3 Å². The highest BCUT2D eigenvalue weighted by Crippen LogP contribution is 2.29. The molecule has 0 amide bonds. The lowest BCUT2D eigenvalue weighted by Gasteiger charge is -2.17. The Balaban J connectivity index is 2.30. The van der Waals surface area contributed by atoms with E-state index in [1.54, 1.807) is 6.07 Å². The van der Waals surface area contributed by atoms with Gasteiger partial charge in [-0.05, 0) is 24.5 Å². The summed E-state index contributed by atoms with van der Waals surface area (Å²) in [6, 6.07) is 4.52. The normalized spacial score (nSPS) is 20.6. The first-order valence-electron chi connectivity index (χ1n) is 6.03. The molecule has 0 spiro atoms. The van der Waals surface area contributed by atoms with Crippen molar-refractivity contribution in [2.75, 3.05) is 32.5 Å². The zero-order chi connectivity index (χ0) is 14.0. The van der Waals surface area contributed by atoms with Crippen LogP contribution in [0.2, 0.25) is 0 Å². The van der Waals surface area contributed by atoms with Crippen LogP contribution in [0.1, 0.15) is 6.42 Å². The van der Waals surface area contributed by atoms with E-state index in [1.165, 1.54) is 23.5 Å². The summed E-state index contributed by atoms with van der Waals surface area (Å²) in [7, 11) is -2.10. The molecular formula is C12H18N2O4S. The van der Waals surface area contributed by atoms with Crippen molar-refractivity contribution < 1.29 is 18.3 Å². The maximum atomic E-state index is 12.4. The third-order valence-electron chi connectivity index (χ3n) is 3.34. The van der Waals surface area contributed by atoms with E-state index in [-0.39, 0.29) is 23.1 Å². The first-order valence-corrected chi connectivity index (χ1v) is 7.47. The van der Waals surface area contributed by atoms with Crippen LogP contribution < -0.4 is 10.5 Å². The number of aliphatic hydroxyl groups excluding tert-OH is 1. The third-order valence-corrected chi connectivity index (χ3v) is 5.28. The molecule has 1 fully saturated rings. The lowest BCUT2D eigenvalue weighted by atomic mass is 10.1. The quantitative estimate of drug-likeness (QED) is 0.776. The number of methoxy groups -OCH3 is 1. The Bertz CT molecular complexity index is 559. The molecule has 1 aromatic rings. The maximum Gasteiger partial charge on any atom is 0.245 e. The highest BCUT2D eigenvalue weighted by Gasteiger charge is 2.33. The molecule has 1 aliphatic rings. The number of hydrogen-bond donors (Lipinski definition) is 2. The van der Waals surface area contributed by atoms with Crippen LogP contribution in [0.3, 0.4) is 0 Å². The zero-order valence-electron chi connectivity index (χ0n) is 10.7. The van der Waals surface area contributed by atoms with Crippen molar-refractivity contribution >= 4 is 15.7 Å². The Morgan fingerprint density at radius 1 is 1.53 bits per heavy atom. The number of sulfonamides is 1. The van der Waals surface area contributed by atoms with Gasteiger partial charge in [-0.3, -0.25) is 0 Å². The molecule has 1 atom stereocenters. The Kier molecular flexibility index (Phi) is 3.98. The van der Waals surface area contributed by atoms with Gasteiger partial charge in [-0.25, -0.2) is 8.42 Å². The zero-order valence-corrected chi connectivity index (χ0v) is 11.6. The van der Waals surface area contributed by atoms with Gasteiger partial charge in [0.1, 0.15) is 10.6 Å². The topological polar surface area (TPSA) is 92.9 Å². The molecule has 3 N–H and O–H groups in total. The van der Waals surface area contributed by atoms with E-state index < -0.39 is 10.0 Å². The van der Waals surface area contributed by atoms with E-state index in [0.717, 1.165) is 0 Å². The van der Waals surface area contributed by atoms with Crippen LogP contribution >= 0.6 is 0 Å². The molecule has 0 bridgehead atoms. The van der Waals surface area contributed by atoms with E-state index in [2.05, 4.69) is 0 Å². The lowest BCUT2D eigenvalue weighted by Crippen LogP contribution is -2.29. The molecule has 6 nitrogen and oxygen atoms in total. The van der Waals surface area contributed by atoms with Crippen LogP contribution in [0.25, 0.3) is 0 Å². The average Bonchev–Trinajstić information content (AvgIpc) is 2.87. The van der Waals surface area contributed by atoms with Gasteiger partial charge in [0.2, 0.25) is 10.0 Å². The highest BCUT2D eigenvalue weighted by atomic mass is 32.2. The molecule has 7 heteroatoms. The molecule has 1 unspecified atom stereocenters. The van der Waals surface area contributed by atoms with Crippen LogP contribution in [0, 0.1) is 5.92 Å². The van der Waals surface area contributed by atoms with Gasteiger partial charge in [0.15, 0.2) is 0 Å². The van der Waals surface area contributed by atoms with Gasteiger partial charge in [0.25, 0.3) is 0 Å². The van der Waals surface area contributed by atoms with Gasteiger partial charge in [-0.2, -0.15) is 4.31 Å². The Labute approximate surface area is 112 Å². The first kappa shape index (κ1) is 14.1. The van der Waals surface area contributed by atoms with E-state index in [4.69, 9.17) is 15.6 Å². The standard InChI is InChI=1S/C12H18N2O4S/c1-18-10-2-3-12(11(13)6-10)19(16,17)14-5-4-9(7-14)8-15/h2-3,6,9,15H,4-5,7-8,13H2,1H3. The number of anilines is 1. The van der Waals surface area contributed by atoms with Crippen LogP contribution in [0.5, 0.6) is 5.75 Å². The van der Waals surface area contributed by atoms with E-state index in [9.17, 15) is 8.42 Å². The van der Waals surface area contributed by atoms with Gasteiger partial charge in [-0.1, -0.05) is 0 Å². The maximum absolute atomic E-state index is 12.4. The Morgan fingerprint density at radius 3 is 2.79 bits per heavy atom. The van der Waals surface area contributed by atoms with Crippen molar-refractivity contribution in [1.82, 2.24) is 4.31 Å². The fourth-order valence-electron chi connectivity index (χ4n) is 2.19. The number of nitrogen functional groups attached to an aromatic ring is 1. The van der Waals surface area contributed by atoms with Gasteiger partial charge >= 0.3 is 0 Å². The molecule has 1 saturated heterocycles. The second kappa shape index (κ2) is 5.36. The van der Waals surface area contributed by atoms with Crippen molar-refractivity contribution in [2.24, 2.45) is 5.92 Å². The Morgan fingerprint density at radius 2 is 2.26 bits per heavy atom. The van der Waals surface area contributed by atoms with E-state index in [0.29, 0.717) is 25.3 Å². The molecule has 1 heterocycles. The van der Waals surface area contributed by atoms with Crippen molar-refractivity contribution in [1.29, 1.82) is 0 Å². The molecule has 0 aliphatic carbocycles. The number of ether oxygens (including phenoxy) is 1. The predicted octanol–water partition coefficient (Wildman–Crippen LogP) is 0.280. The largest absolute Gasteiger partial charge is 0.497 e. The SMILES string of the molecule is COc1ccc(S(=O)(=O)N2CCC(CO)C2)c(N)c1. The molecule has 19 heavy (non-hydrogen) atoms. The number of aliphatic hydroxyl groups is 1. The second-order valence-corrected chi connectivity index (χ2v) is 6.51. The van der Waals surface area contributed by atoms with E-state index >= 15 is 0 Å². The minimum Gasteiger partial charge on any atom is -0.497 e. The fourth-order valence-corrected chi connectivity index (χ4v) is 3.82. The molecule has 0 radical (unpaired) electrons. The summed E-state index contributed by atoms with van der Waals surface area (Å²) < 4.78 is 31.2. The first-order chi connectivity index (χ1) is 8.98. The van der Waals surface area contributed by atoms with Crippen LogP contribution in [-0.2, 0) is 10.0 Å². The lowest BCUT2D eigenvalue weighted by molar-refractivity contribution is 0.233. The third kappa shape index (κ3) is 2.68. The molecular weight excluding hydrogens is 268 g/mol. The smallest absolute Gasteiger partial charge is 0.245 e. The average molecular weight is 286 g/mol. The monoisotopic (exact) mass is 286 g/mol. The number of rotatable bonds is 4. The summed E-state index contributed by atoms with van der Waals surface area (Å²) in [6.07, 6.45) is 0.672. The summed E-state index contributed by atoms with van der Waals surface area (Å²) in [5.74, 6) is 0.528. The molecule has 1 aromatic carbocycles. The minimum atomic E-state index is -3.60. The summed E-state index contributed by atoms with van der Waals surface area (Å²) in [5, 5.41) is 9.08. The molecule has 0 aromatic heterocycles. The van der Waals surface area contributed by atoms with Crippen LogP contribution in [0.4, 0.5) is 5.69 Å². The second-order valence-electron chi connectivity index (χ2n) is 4.60. The van der Waals surface area contributed by atoms with Gasteiger partial charge in [0, 0.05) is 25.8 Å². The van der Waals surface area contributed by atoms with Gasteiger partial charge in [0.05, 0.1) is 12.8 Å². The van der Waals surface area contributed by atoms with E-state index in [1.807, 2.05) is 0 Å². The van der Waals surface area contributed by atoms with Gasteiger partial charge < -0.3 is 15.6 Å². The number of benzene rings is 1. The number of nitrogens with zero attached hydrogens (tertiary/aromatic N) is 1. The number of nitrogens with two attached hydrogens (primary N) is 1. The summed E-state index contributed by atoms with van der Waals surface area (Å²) in [6.45, 7) is 0.757. The molecule has 106 valence electrons. The predicted molar refractivity (Wildman–Crippen MR) is 71.4 cm³/mol. The Hall–Kier alpha value is -1.31. The molecule has 1 aliphatic heterocycles. The summed E-state index contributed by atoms with van der Waals surface area (Å²) >= 11 is 0.